The molecule has 1 aromatic carbocycles. The standard InChI is InChI=1S/C24H27N3O2S/c1-3-29-20-7-5-4-6-19(20)27-23(28)22-18-9-8-16(2)14-21(18)30-24(22)26-15-17-10-12-25-13-11-17/h4-7,10-13,16,26H,3,8-9,14-15H2,1-2H3,(H,27,28). The van der Waals surface area contributed by atoms with Gasteiger partial charge in [-0.3, -0.25) is 9.78 Å². The maximum atomic E-state index is 13.4. The van der Waals surface area contributed by atoms with Gasteiger partial charge in [-0.05, 0) is 67.5 Å². The van der Waals surface area contributed by atoms with Gasteiger partial charge in [-0.1, -0.05) is 19.1 Å². The minimum Gasteiger partial charge on any atom is -0.492 e. The van der Waals surface area contributed by atoms with Gasteiger partial charge in [0.05, 0.1) is 17.9 Å². The number of ether oxygens (including phenoxy) is 1. The highest BCUT2D eigenvalue weighted by Gasteiger charge is 2.28. The fourth-order valence-corrected chi connectivity index (χ4v) is 5.24. The molecule has 1 atom stereocenters. The van der Waals surface area contributed by atoms with Crippen LogP contribution in [-0.4, -0.2) is 17.5 Å². The molecule has 30 heavy (non-hydrogen) atoms. The van der Waals surface area contributed by atoms with E-state index in [2.05, 4.69) is 22.5 Å². The minimum atomic E-state index is -0.0774. The first-order valence-corrected chi connectivity index (χ1v) is 11.3. The molecule has 6 heteroatoms. The second-order valence-electron chi connectivity index (χ2n) is 7.65. The van der Waals surface area contributed by atoms with E-state index in [-0.39, 0.29) is 5.91 Å². The van der Waals surface area contributed by atoms with Crippen LogP contribution in [0.2, 0.25) is 0 Å². The van der Waals surface area contributed by atoms with Crippen LogP contribution in [0, 0.1) is 5.92 Å². The lowest BCUT2D eigenvalue weighted by Crippen LogP contribution is -2.18. The van der Waals surface area contributed by atoms with Crippen LogP contribution in [0.3, 0.4) is 0 Å². The van der Waals surface area contributed by atoms with Gasteiger partial charge in [-0.25, -0.2) is 0 Å². The van der Waals surface area contributed by atoms with Crippen LogP contribution in [0.25, 0.3) is 0 Å². The summed E-state index contributed by atoms with van der Waals surface area (Å²) in [6.45, 7) is 5.44. The fourth-order valence-electron chi connectivity index (χ4n) is 3.83. The third-order valence-electron chi connectivity index (χ3n) is 5.38. The summed E-state index contributed by atoms with van der Waals surface area (Å²) in [6, 6.07) is 11.6. The Labute approximate surface area is 181 Å². The Morgan fingerprint density at radius 2 is 2.03 bits per heavy atom. The third-order valence-corrected chi connectivity index (χ3v) is 6.59. The Balaban J connectivity index is 1.63. The number of nitrogens with zero attached hydrogens (tertiary/aromatic N) is 1. The molecule has 0 saturated carbocycles. The summed E-state index contributed by atoms with van der Waals surface area (Å²) in [6.07, 6.45) is 6.67. The first-order chi connectivity index (χ1) is 14.7. The first-order valence-electron chi connectivity index (χ1n) is 10.5. The third kappa shape index (κ3) is 4.49. The molecule has 4 rings (SSSR count). The average molecular weight is 422 g/mol. The maximum Gasteiger partial charge on any atom is 0.259 e. The van der Waals surface area contributed by atoms with Crippen LogP contribution in [-0.2, 0) is 19.4 Å². The number of carbonyl (C=O) groups excluding carboxylic acids is 1. The summed E-state index contributed by atoms with van der Waals surface area (Å²) in [4.78, 5) is 18.8. The van der Waals surface area contributed by atoms with E-state index in [4.69, 9.17) is 4.74 Å². The number of nitrogens with one attached hydrogen (secondary N) is 2. The molecule has 1 amide bonds. The average Bonchev–Trinajstić information content (AvgIpc) is 3.12. The number of pyridine rings is 1. The van der Waals surface area contributed by atoms with Crippen molar-refractivity contribution in [3.63, 3.8) is 0 Å². The van der Waals surface area contributed by atoms with E-state index in [1.165, 1.54) is 10.4 Å². The molecular weight excluding hydrogens is 394 g/mol. The molecule has 0 bridgehead atoms. The lowest BCUT2D eigenvalue weighted by atomic mass is 9.88. The molecule has 2 N–H and O–H groups in total. The summed E-state index contributed by atoms with van der Waals surface area (Å²) in [5, 5.41) is 7.54. The second kappa shape index (κ2) is 9.30. The number of carbonyl (C=O) groups is 1. The molecule has 1 aliphatic rings. The van der Waals surface area contributed by atoms with Gasteiger partial charge in [0.25, 0.3) is 5.91 Å². The Morgan fingerprint density at radius 1 is 1.23 bits per heavy atom. The van der Waals surface area contributed by atoms with Crippen molar-refractivity contribution < 1.29 is 9.53 Å². The van der Waals surface area contributed by atoms with Crippen LogP contribution in [0.4, 0.5) is 10.7 Å². The zero-order chi connectivity index (χ0) is 20.9. The fraction of sp³-hybridized carbons (Fsp3) is 0.333. The van der Waals surface area contributed by atoms with Crippen LogP contribution in [0.15, 0.2) is 48.8 Å². The van der Waals surface area contributed by atoms with Crippen molar-refractivity contribution in [1.82, 2.24) is 4.98 Å². The number of amides is 1. The Kier molecular flexibility index (Phi) is 6.33. The van der Waals surface area contributed by atoms with Gasteiger partial charge in [-0.15, -0.1) is 11.3 Å². The largest absolute Gasteiger partial charge is 0.492 e. The molecule has 3 aromatic rings. The van der Waals surface area contributed by atoms with Crippen molar-refractivity contribution in [2.45, 2.75) is 39.7 Å². The topological polar surface area (TPSA) is 63.2 Å². The van der Waals surface area contributed by atoms with Crippen molar-refractivity contribution in [2.75, 3.05) is 17.2 Å². The molecule has 0 fully saturated rings. The molecule has 1 aliphatic carbocycles. The monoisotopic (exact) mass is 421 g/mol. The molecule has 5 nitrogen and oxygen atoms in total. The molecule has 2 aromatic heterocycles. The molecular formula is C24H27N3O2S. The number of para-hydroxylation sites is 2. The summed E-state index contributed by atoms with van der Waals surface area (Å²) < 4.78 is 5.68. The van der Waals surface area contributed by atoms with Gasteiger partial charge >= 0.3 is 0 Å². The zero-order valence-electron chi connectivity index (χ0n) is 17.4. The van der Waals surface area contributed by atoms with Crippen molar-refractivity contribution in [3.8, 4) is 5.75 Å². The van der Waals surface area contributed by atoms with E-state index in [9.17, 15) is 4.79 Å². The zero-order valence-corrected chi connectivity index (χ0v) is 18.2. The van der Waals surface area contributed by atoms with Gasteiger partial charge in [-0.2, -0.15) is 0 Å². The lowest BCUT2D eigenvalue weighted by molar-refractivity contribution is 0.102. The van der Waals surface area contributed by atoms with Crippen molar-refractivity contribution in [3.05, 3.63) is 70.4 Å². The molecule has 1 unspecified atom stereocenters. The number of thiophene rings is 1. The predicted octanol–water partition coefficient (Wildman–Crippen LogP) is 5.53. The van der Waals surface area contributed by atoms with E-state index < -0.39 is 0 Å². The highest BCUT2D eigenvalue weighted by atomic mass is 32.1. The summed E-state index contributed by atoms with van der Waals surface area (Å²) in [5.74, 6) is 1.27. The van der Waals surface area contributed by atoms with Gasteiger partial charge < -0.3 is 15.4 Å². The Hall–Kier alpha value is -2.86. The van der Waals surface area contributed by atoms with Gasteiger partial charge in [0.1, 0.15) is 10.8 Å². The number of anilines is 2. The summed E-state index contributed by atoms with van der Waals surface area (Å²) >= 11 is 1.72. The van der Waals surface area contributed by atoms with Crippen molar-refractivity contribution in [2.24, 2.45) is 5.92 Å². The number of hydrogen-bond donors (Lipinski definition) is 2. The molecule has 0 radical (unpaired) electrons. The molecule has 0 saturated heterocycles. The molecule has 156 valence electrons. The molecule has 0 spiro atoms. The van der Waals surface area contributed by atoms with Gasteiger partial charge in [0, 0.05) is 23.8 Å². The predicted molar refractivity (Wildman–Crippen MR) is 123 cm³/mol. The first kappa shape index (κ1) is 20.4. The number of rotatable bonds is 7. The highest BCUT2D eigenvalue weighted by Crippen LogP contribution is 2.40. The lowest BCUT2D eigenvalue weighted by Gasteiger charge is -2.19. The summed E-state index contributed by atoms with van der Waals surface area (Å²) in [7, 11) is 0. The van der Waals surface area contributed by atoms with E-state index in [0.29, 0.717) is 30.5 Å². The normalized spacial score (nSPS) is 15.3. The number of benzene rings is 1. The van der Waals surface area contributed by atoms with Gasteiger partial charge in [0.15, 0.2) is 0 Å². The SMILES string of the molecule is CCOc1ccccc1NC(=O)c1c(NCc2ccncc2)sc2c1CCC(C)C2. The number of aromatic nitrogens is 1. The quantitative estimate of drug-likeness (QED) is 0.526. The molecule has 0 aliphatic heterocycles. The summed E-state index contributed by atoms with van der Waals surface area (Å²) in [5.41, 5.74) is 3.82. The van der Waals surface area contributed by atoms with E-state index in [1.54, 1.807) is 23.7 Å². The smallest absolute Gasteiger partial charge is 0.259 e. The number of fused-ring (bicyclic) bond motifs is 1. The minimum absolute atomic E-state index is 0.0774. The van der Waals surface area contributed by atoms with E-state index in [0.717, 1.165) is 35.4 Å². The van der Waals surface area contributed by atoms with Crippen LogP contribution >= 0.6 is 11.3 Å². The Bertz CT molecular complexity index is 1020. The molecule has 2 heterocycles. The van der Waals surface area contributed by atoms with Crippen LogP contribution in [0.5, 0.6) is 5.75 Å². The van der Waals surface area contributed by atoms with E-state index in [1.807, 2.05) is 43.3 Å². The van der Waals surface area contributed by atoms with Crippen molar-refractivity contribution >= 4 is 27.9 Å². The second-order valence-corrected chi connectivity index (χ2v) is 8.75. The van der Waals surface area contributed by atoms with Crippen molar-refractivity contribution in [1.29, 1.82) is 0 Å². The maximum absolute atomic E-state index is 13.4. The van der Waals surface area contributed by atoms with Crippen LogP contribution < -0.4 is 15.4 Å². The number of hydrogen-bond acceptors (Lipinski definition) is 5. The Morgan fingerprint density at radius 3 is 2.83 bits per heavy atom. The van der Waals surface area contributed by atoms with E-state index >= 15 is 0 Å². The highest BCUT2D eigenvalue weighted by molar-refractivity contribution is 7.16. The van der Waals surface area contributed by atoms with Crippen LogP contribution in [0.1, 0.15) is 46.6 Å². The van der Waals surface area contributed by atoms with Gasteiger partial charge in [0.2, 0.25) is 0 Å².